The molecule has 3 heteroatoms. The van der Waals surface area contributed by atoms with Crippen molar-refractivity contribution in [2.24, 2.45) is 10.2 Å². The van der Waals surface area contributed by atoms with Crippen molar-refractivity contribution in [3.63, 3.8) is 0 Å². The molecule has 0 aromatic heterocycles. The first kappa shape index (κ1) is 13.9. The predicted octanol–water partition coefficient (Wildman–Crippen LogP) is 3.63. The molecule has 1 unspecified atom stereocenters. The van der Waals surface area contributed by atoms with Crippen LogP contribution in [0.4, 0.5) is 0 Å². The summed E-state index contributed by atoms with van der Waals surface area (Å²) in [7, 11) is 0. The van der Waals surface area contributed by atoms with Gasteiger partial charge < -0.3 is 5.11 Å². The topological polar surface area (TPSA) is 45.0 Å². The highest BCUT2D eigenvalue weighted by Crippen LogP contribution is 2.24. The molecule has 0 amide bonds. The summed E-state index contributed by atoms with van der Waals surface area (Å²) in [5.41, 5.74) is 3.72. The summed E-state index contributed by atoms with van der Waals surface area (Å²) in [6, 6.07) is 8.86. The predicted molar refractivity (Wildman–Crippen MR) is 77.3 cm³/mol. The van der Waals surface area contributed by atoms with Gasteiger partial charge >= 0.3 is 0 Å². The molecule has 2 rings (SSSR count). The van der Waals surface area contributed by atoms with E-state index in [9.17, 15) is 0 Å². The number of rotatable bonds is 4. The van der Waals surface area contributed by atoms with Gasteiger partial charge in [0.1, 0.15) is 0 Å². The standard InChI is InChI=1S/C16H22N2O/c1-16(2,3)13-6-4-12(5-7-13)10-15-11-14(8-9-19)17-18-15/h4-7,11,15,19H,8-10H2,1-3H3. The Balaban J connectivity index is 2.00. The molecule has 0 bridgehead atoms. The van der Waals surface area contributed by atoms with Crippen LogP contribution in [0.25, 0.3) is 0 Å². The molecule has 19 heavy (non-hydrogen) atoms. The highest BCUT2D eigenvalue weighted by Gasteiger charge is 2.15. The van der Waals surface area contributed by atoms with E-state index in [1.807, 2.05) is 6.08 Å². The van der Waals surface area contributed by atoms with E-state index in [-0.39, 0.29) is 18.1 Å². The fourth-order valence-corrected chi connectivity index (χ4v) is 2.17. The quantitative estimate of drug-likeness (QED) is 0.880. The van der Waals surface area contributed by atoms with Crippen LogP contribution >= 0.6 is 0 Å². The molecule has 0 fully saturated rings. The largest absolute Gasteiger partial charge is 0.396 e. The zero-order valence-electron chi connectivity index (χ0n) is 11.9. The third-order valence-electron chi connectivity index (χ3n) is 3.35. The maximum Gasteiger partial charge on any atom is 0.0954 e. The van der Waals surface area contributed by atoms with Gasteiger partial charge in [-0.3, -0.25) is 0 Å². The van der Waals surface area contributed by atoms with Gasteiger partial charge in [-0.25, -0.2) is 0 Å². The molecule has 0 radical (unpaired) electrons. The Morgan fingerprint density at radius 3 is 2.42 bits per heavy atom. The van der Waals surface area contributed by atoms with Gasteiger partial charge in [-0.05, 0) is 22.6 Å². The van der Waals surface area contributed by atoms with Crippen molar-refractivity contribution in [2.75, 3.05) is 6.61 Å². The zero-order valence-corrected chi connectivity index (χ0v) is 11.9. The Hall–Kier alpha value is -1.48. The third-order valence-corrected chi connectivity index (χ3v) is 3.35. The maximum absolute atomic E-state index is 8.87. The lowest BCUT2D eigenvalue weighted by Crippen LogP contribution is -2.11. The van der Waals surface area contributed by atoms with Gasteiger partial charge in [-0.15, -0.1) is 0 Å². The van der Waals surface area contributed by atoms with Gasteiger partial charge in [0.05, 0.1) is 11.7 Å². The van der Waals surface area contributed by atoms with Crippen molar-refractivity contribution in [1.82, 2.24) is 0 Å². The van der Waals surface area contributed by atoms with Crippen LogP contribution in [0.5, 0.6) is 0 Å². The summed E-state index contributed by atoms with van der Waals surface area (Å²) >= 11 is 0. The molecule has 1 aromatic rings. The number of nitrogens with zero attached hydrogens (tertiary/aromatic N) is 2. The normalized spacial score (nSPS) is 18.7. The van der Waals surface area contributed by atoms with E-state index in [2.05, 4.69) is 55.3 Å². The maximum atomic E-state index is 8.87. The van der Waals surface area contributed by atoms with E-state index in [0.29, 0.717) is 6.42 Å². The molecule has 1 N–H and O–H groups in total. The van der Waals surface area contributed by atoms with Crippen molar-refractivity contribution >= 4 is 0 Å². The summed E-state index contributed by atoms with van der Waals surface area (Å²) < 4.78 is 0. The smallest absolute Gasteiger partial charge is 0.0954 e. The van der Waals surface area contributed by atoms with E-state index < -0.39 is 0 Å². The second-order valence-corrected chi connectivity index (χ2v) is 6.07. The van der Waals surface area contributed by atoms with Gasteiger partial charge in [0.25, 0.3) is 0 Å². The zero-order chi connectivity index (χ0) is 13.9. The number of aliphatic hydroxyl groups excluding tert-OH is 1. The van der Waals surface area contributed by atoms with Crippen molar-refractivity contribution in [3.05, 3.63) is 47.2 Å². The summed E-state index contributed by atoms with van der Waals surface area (Å²) in [5, 5.41) is 17.2. The molecular weight excluding hydrogens is 236 g/mol. The Morgan fingerprint density at radius 2 is 1.84 bits per heavy atom. The van der Waals surface area contributed by atoms with Gasteiger partial charge in [-0.2, -0.15) is 10.2 Å². The van der Waals surface area contributed by atoms with Gasteiger partial charge in [0, 0.05) is 19.4 Å². The van der Waals surface area contributed by atoms with Gasteiger partial charge in [0.15, 0.2) is 0 Å². The number of azo groups is 1. The fraction of sp³-hybridized carbons (Fsp3) is 0.500. The molecular formula is C16H22N2O. The lowest BCUT2D eigenvalue weighted by molar-refractivity contribution is 0.299. The van der Waals surface area contributed by atoms with Crippen LogP contribution in [0, 0.1) is 0 Å². The summed E-state index contributed by atoms with van der Waals surface area (Å²) in [4.78, 5) is 0. The first-order valence-electron chi connectivity index (χ1n) is 6.81. The Bertz CT molecular complexity index is 480. The van der Waals surface area contributed by atoms with Crippen LogP contribution in [0.3, 0.4) is 0 Å². The van der Waals surface area contributed by atoms with E-state index in [1.165, 1.54) is 11.1 Å². The Morgan fingerprint density at radius 1 is 1.16 bits per heavy atom. The molecule has 0 spiro atoms. The summed E-state index contributed by atoms with van der Waals surface area (Å²) in [6.07, 6.45) is 3.53. The second-order valence-electron chi connectivity index (χ2n) is 6.07. The van der Waals surface area contributed by atoms with E-state index in [4.69, 9.17) is 5.11 Å². The van der Waals surface area contributed by atoms with E-state index >= 15 is 0 Å². The lowest BCUT2D eigenvalue weighted by Gasteiger charge is -2.19. The van der Waals surface area contributed by atoms with Crippen LogP contribution in [-0.2, 0) is 11.8 Å². The molecule has 1 heterocycles. The molecule has 102 valence electrons. The van der Waals surface area contributed by atoms with Crippen molar-refractivity contribution in [3.8, 4) is 0 Å². The first-order valence-corrected chi connectivity index (χ1v) is 6.81. The monoisotopic (exact) mass is 258 g/mol. The second kappa shape index (κ2) is 5.66. The highest BCUT2D eigenvalue weighted by atomic mass is 16.3. The minimum atomic E-state index is 0.127. The third kappa shape index (κ3) is 3.74. The average molecular weight is 258 g/mol. The molecule has 1 atom stereocenters. The molecule has 3 nitrogen and oxygen atoms in total. The molecule has 0 saturated heterocycles. The Kier molecular flexibility index (Phi) is 4.15. The molecule has 0 aliphatic carbocycles. The van der Waals surface area contributed by atoms with Crippen LogP contribution in [0.2, 0.25) is 0 Å². The average Bonchev–Trinajstić information content (AvgIpc) is 2.77. The highest BCUT2D eigenvalue weighted by molar-refractivity contribution is 5.29. The Labute approximate surface area is 115 Å². The number of aliphatic hydroxyl groups is 1. The first-order chi connectivity index (χ1) is 8.99. The molecule has 1 aromatic carbocycles. The fourth-order valence-electron chi connectivity index (χ4n) is 2.17. The van der Waals surface area contributed by atoms with Gasteiger partial charge in [0.2, 0.25) is 0 Å². The van der Waals surface area contributed by atoms with E-state index in [1.54, 1.807) is 0 Å². The number of hydrogen-bond donors (Lipinski definition) is 1. The molecule has 1 aliphatic rings. The summed E-state index contributed by atoms with van der Waals surface area (Å²) in [6.45, 7) is 6.79. The van der Waals surface area contributed by atoms with Crippen molar-refractivity contribution in [1.29, 1.82) is 0 Å². The minimum absolute atomic E-state index is 0.127. The number of hydrogen-bond acceptors (Lipinski definition) is 3. The van der Waals surface area contributed by atoms with Crippen molar-refractivity contribution in [2.45, 2.75) is 45.1 Å². The minimum Gasteiger partial charge on any atom is -0.396 e. The lowest BCUT2D eigenvalue weighted by atomic mass is 9.86. The van der Waals surface area contributed by atoms with Crippen LogP contribution in [-0.4, -0.2) is 17.8 Å². The SMILES string of the molecule is CC(C)(C)c1ccc(CC2C=C(CCO)N=N2)cc1. The van der Waals surface area contributed by atoms with Crippen LogP contribution in [0.1, 0.15) is 38.3 Å². The van der Waals surface area contributed by atoms with Crippen LogP contribution < -0.4 is 0 Å². The molecule has 0 saturated carbocycles. The molecule has 1 aliphatic heterocycles. The van der Waals surface area contributed by atoms with Crippen LogP contribution in [0.15, 0.2) is 46.3 Å². The van der Waals surface area contributed by atoms with Crippen molar-refractivity contribution < 1.29 is 5.11 Å². The van der Waals surface area contributed by atoms with E-state index in [0.717, 1.165) is 12.1 Å². The van der Waals surface area contributed by atoms with Gasteiger partial charge in [-0.1, -0.05) is 45.0 Å². The summed E-state index contributed by atoms with van der Waals surface area (Å²) in [5.74, 6) is 0. The number of benzene rings is 1.